The minimum atomic E-state index is 0.0937. The van der Waals surface area contributed by atoms with Gasteiger partial charge in [0.15, 0.2) is 5.78 Å². The van der Waals surface area contributed by atoms with Crippen LogP contribution in [-0.2, 0) is 4.74 Å². The Bertz CT molecular complexity index is 719. The van der Waals surface area contributed by atoms with Crippen molar-refractivity contribution in [3.8, 4) is 0 Å². The van der Waals surface area contributed by atoms with Gasteiger partial charge >= 0.3 is 0 Å². The van der Waals surface area contributed by atoms with E-state index in [1.54, 1.807) is 0 Å². The van der Waals surface area contributed by atoms with E-state index in [1.165, 1.54) is 0 Å². The molecule has 3 heteroatoms. The Morgan fingerprint density at radius 1 is 0.900 bits per heavy atom. The van der Waals surface area contributed by atoms with Crippen LogP contribution in [-0.4, -0.2) is 19.1 Å². The first-order valence-corrected chi connectivity index (χ1v) is 6.64. The minimum Gasteiger partial charge on any atom is -0.356 e. The van der Waals surface area contributed by atoms with Gasteiger partial charge in [0.25, 0.3) is 0 Å². The van der Waals surface area contributed by atoms with Gasteiger partial charge in [0, 0.05) is 16.8 Å². The molecule has 0 unspecified atom stereocenters. The molecular formula is C17H13NO2. The largest absolute Gasteiger partial charge is 0.356 e. The van der Waals surface area contributed by atoms with Gasteiger partial charge in [0.05, 0.1) is 17.9 Å². The SMILES string of the molecule is O=C1C2=C(c3ccccc31)N(c1ccccc1)COC2. The number of carbonyl (C=O) groups excluding carboxylic acids is 1. The minimum absolute atomic E-state index is 0.0937. The summed E-state index contributed by atoms with van der Waals surface area (Å²) in [6.45, 7) is 0.872. The number of rotatable bonds is 1. The van der Waals surface area contributed by atoms with Crippen molar-refractivity contribution in [2.45, 2.75) is 0 Å². The Labute approximate surface area is 117 Å². The molecule has 0 fully saturated rings. The lowest BCUT2D eigenvalue weighted by atomic mass is 10.1. The second kappa shape index (κ2) is 4.32. The van der Waals surface area contributed by atoms with Gasteiger partial charge in [-0.2, -0.15) is 0 Å². The normalized spacial score (nSPS) is 17.2. The number of carbonyl (C=O) groups is 1. The predicted molar refractivity (Wildman–Crippen MR) is 77.4 cm³/mol. The Morgan fingerprint density at radius 2 is 1.60 bits per heavy atom. The number of Topliss-reactive ketones (excluding diaryl/α,β-unsaturated/α-hetero) is 1. The highest BCUT2D eigenvalue weighted by molar-refractivity contribution is 6.22. The fourth-order valence-corrected chi connectivity index (χ4v) is 2.88. The second-order valence-corrected chi connectivity index (χ2v) is 4.94. The van der Waals surface area contributed by atoms with Crippen LogP contribution in [0.15, 0.2) is 60.2 Å². The third-order valence-electron chi connectivity index (χ3n) is 3.79. The van der Waals surface area contributed by atoms with Gasteiger partial charge in [-0.3, -0.25) is 4.79 Å². The van der Waals surface area contributed by atoms with E-state index in [2.05, 4.69) is 4.90 Å². The fraction of sp³-hybridized carbons (Fsp3) is 0.118. The molecule has 0 atom stereocenters. The van der Waals surface area contributed by atoms with Gasteiger partial charge in [-0.05, 0) is 12.1 Å². The number of ketones is 1. The first-order valence-electron chi connectivity index (χ1n) is 6.64. The van der Waals surface area contributed by atoms with Gasteiger partial charge < -0.3 is 9.64 Å². The number of fused-ring (bicyclic) bond motifs is 2. The van der Waals surface area contributed by atoms with Crippen LogP contribution in [0.3, 0.4) is 0 Å². The Balaban J connectivity index is 1.90. The number of para-hydroxylation sites is 1. The maximum atomic E-state index is 12.4. The monoisotopic (exact) mass is 263 g/mol. The van der Waals surface area contributed by atoms with Gasteiger partial charge in [0.1, 0.15) is 6.73 Å². The third kappa shape index (κ3) is 1.53. The molecule has 98 valence electrons. The Hall–Kier alpha value is -2.39. The van der Waals surface area contributed by atoms with Crippen molar-refractivity contribution in [2.75, 3.05) is 18.2 Å². The van der Waals surface area contributed by atoms with Crippen molar-refractivity contribution in [3.63, 3.8) is 0 Å². The standard InChI is InChI=1S/C17H13NO2/c19-17-14-9-5-4-8-13(14)16-15(17)10-20-11-18(16)12-6-2-1-3-7-12/h1-9H,10-11H2. The van der Waals surface area contributed by atoms with Crippen LogP contribution in [0.1, 0.15) is 15.9 Å². The average molecular weight is 263 g/mol. The maximum Gasteiger partial charge on any atom is 0.194 e. The second-order valence-electron chi connectivity index (χ2n) is 4.94. The average Bonchev–Trinajstić information content (AvgIpc) is 2.82. The molecule has 0 spiro atoms. The van der Waals surface area contributed by atoms with Crippen molar-refractivity contribution in [1.82, 2.24) is 0 Å². The van der Waals surface area contributed by atoms with E-state index in [1.807, 2.05) is 54.6 Å². The smallest absolute Gasteiger partial charge is 0.194 e. The lowest BCUT2D eigenvalue weighted by Gasteiger charge is -2.30. The van der Waals surface area contributed by atoms with E-state index in [9.17, 15) is 4.79 Å². The highest BCUT2D eigenvalue weighted by Gasteiger charge is 2.35. The molecule has 1 aliphatic heterocycles. The Kier molecular flexibility index (Phi) is 2.47. The molecule has 0 amide bonds. The number of anilines is 1. The first kappa shape index (κ1) is 11.4. The van der Waals surface area contributed by atoms with Crippen molar-refractivity contribution >= 4 is 17.2 Å². The molecule has 0 aromatic heterocycles. The lowest BCUT2D eigenvalue weighted by Crippen LogP contribution is -2.30. The number of ether oxygens (including phenoxy) is 1. The highest BCUT2D eigenvalue weighted by atomic mass is 16.5. The summed E-state index contributed by atoms with van der Waals surface area (Å²) in [4.78, 5) is 14.5. The third-order valence-corrected chi connectivity index (χ3v) is 3.79. The molecule has 1 aliphatic carbocycles. The maximum absolute atomic E-state index is 12.4. The van der Waals surface area contributed by atoms with E-state index in [0.29, 0.717) is 13.3 Å². The Morgan fingerprint density at radius 3 is 2.40 bits per heavy atom. The van der Waals surface area contributed by atoms with Crippen LogP contribution >= 0.6 is 0 Å². The van der Waals surface area contributed by atoms with Crippen LogP contribution in [0.2, 0.25) is 0 Å². The zero-order valence-electron chi connectivity index (χ0n) is 10.9. The van der Waals surface area contributed by atoms with Crippen molar-refractivity contribution in [2.24, 2.45) is 0 Å². The zero-order chi connectivity index (χ0) is 13.5. The van der Waals surface area contributed by atoms with Crippen molar-refractivity contribution in [1.29, 1.82) is 0 Å². The van der Waals surface area contributed by atoms with Crippen LogP contribution in [0.25, 0.3) is 5.70 Å². The molecule has 0 saturated heterocycles. The van der Waals surface area contributed by atoms with E-state index >= 15 is 0 Å². The lowest BCUT2D eigenvalue weighted by molar-refractivity contribution is 0.0982. The highest BCUT2D eigenvalue weighted by Crippen LogP contribution is 2.39. The molecule has 0 bridgehead atoms. The summed E-state index contributed by atoms with van der Waals surface area (Å²) in [7, 11) is 0. The molecule has 1 heterocycles. The van der Waals surface area contributed by atoms with E-state index in [-0.39, 0.29) is 5.78 Å². The summed E-state index contributed by atoms with van der Waals surface area (Å²) in [5, 5.41) is 0. The molecule has 2 aromatic rings. The number of hydrogen-bond donors (Lipinski definition) is 0. The number of benzene rings is 2. The van der Waals surface area contributed by atoms with E-state index in [4.69, 9.17) is 4.74 Å². The van der Waals surface area contributed by atoms with Crippen LogP contribution < -0.4 is 4.90 Å². The molecule has 4 rings (SSSR count). The summed E-state index contributed by atoms with van der Waals surface area (Å²) in [6.07, 6.45) is 0. The molecule has 0 saturated carbocycles. The molecule has 0 N–H and O–H groups in total. The summed E-state index contributed by atoms with van der Waals surface area (Å²) < 4.78 is 5.60. The summed E-state index contributed by atoms with van der Waals surface area (Å²) >= 11 is 0. The predicted octanol–water partition coefficient (Wildman–Crippen LogP) is 3.09. The van der Waals surface area contributed by atoms with Crippen LogP contribution in [0.5, 0.6) is 0 Å². The molecule has 2 aromatic carbocycles. The molecule has 3 nitrogen and oxygen atoms in total. The molecular weight excluding hydrogens is 250 g/mol. The summed E-state index contributed by atoms with van der Waals surface area (Å²) in [6, 6.07) is 17.8. The van der Waals surface area contributed by atoms with Gasteiger partial charge in [-0.15, -0.1) is 0 Å². The topological polar surface area (TPSA) is 29.5 Å². The first-order chi connectivity index (χ1) is 9.86. The van der Waals surface area contributed by atoms with Gasteiger partial charge in [-0.1, -0.05) is 42.5 Å². The summed E-state index contributed by atoms with van der Waals surface area (Å²) in [5.74, 6) is 0.0937. The molecule has 20 heavy (non-hydrogen) atoms. The quantitative estimate of drug-likeness (QED) is 0.792. The van der Waals surface area contributed by atoms with Gasteiger partial charge in [-0.25, -0.2) is 0 Å². The molecule has 2 aliphatic rings. The van der Waals surface area contributed by atoms with Crippen molar-refractivity contribution < 1.29 is 9.53 Å². The summed E-state index contributed by atoms with van der Waals surface area (Å²) in [5.41, 5.74) is 4.61. The van der Waals surface area contributed by atoms with Crippen molar-refractivity contribution in [3.05, 3.63) is 71.3 Å². The molecule has 0 radical (unpaired) electrons. The fourth-order valence-electron chi connectivity index (χ4n) is 2.88. The van der Waals surface area contributed by atoms with Gasteiger partial charge in [0.2, 0.25) is 0 Å². The van der Waals surface area contributed by atoms with E-state index < -0.39 is 0 Å². The zero-order valence-corrected chi connectivity index (χ0v) is 10.9. The van der Waals surface area contributed by atoms with Crippen LogP contribution in [0.4, 0.5) is 5.69 Å². The van der Waals surface area contributed by atoms with Crippen LogP contribution in [0, 0.1) is 0 Å². The number of nitrogens with zero attached hydrogens (tertiary/aromatic N) is 1. The van der Waals surface area contributed by atoms with E-state index in [0.717, 1.165) is 28.1 Å². The number of hydrogen-bond acceptors (Lipinski definition) is 3.